The zero-order valence-electron chi connectivity index (χ0n) is 12.1. The van der Waals surface area contributed by atoms with Gasteiger partial charge in [-0.1, -0.05) is 11.6 Å². The number of hydrogen-bond acceptors (Lipinski definition) is 4. The van der Waals surface area contributed by atoms with Gasteiger partial charge < -0.3 is 10.1 Å². The molecule has 0 unspecified atom stereocenters. The number of aromatic nitrogens is 1. The zero-order chi connectivity index (χ0) is 15.4. The van der Waals surface area contributed by atoms with Crippen LogP contribution in [0.15, 0.2) is 36.5 Å². The molecule has 1 N–H and O–H groups in total. The summed E-state index contributed by atoms with van der Waals surface area (Å²) in [5.74, 6) is -0.812. The Morgan fingerprint density at radius 3 is 2.52 bits per heavy atom. The maximum Gasteiger partial charge on any atom is 0.339 e. The van der Waals surface area contributed by atoms with E-state index in [1.54, 1.807) is 24.3 Å². The van der Waals surface area contributed by atoms with Gasteiger partial charge in [-0.05, 0) is 38.1 Å². The molecule has 1 aromatic carbocycles. The van der Waals surface area contributed by atoms with Gasteiger partial charge in [-0.15, -0.1) is 0 Å². The van der Waals surface area contributed by atoms with Crippen LogP contribution in [0.4, 0.5) is 5.69 Å². The van der Waals surface area contributed by atoms with Crippen LogP contribution < -0.4 is 5.32 Å². The molecule has 0 saturated heterocycles. The van der Waals surface area contributed by atoms with Crippen molar-refractivity contribution in [3.63, 3.8) is 0 Å². The van der Waals surface area contributed by atoms with Crippen molar-refractivity contribution in [2.45, 2.75) is 13.8 Å². The summed E-state index contributed by atoms with van der Waals surface area (Å²) in [6.45, 7) is 3.71. The molecule has 1 amide bonds. The number of anilines is 1. The summed E-state index contributed by atoms with van der Waals surface area (Å²) in [4.78, 5) is 28.0. The van der Waals surface area contributed by atoms with Gasteiger partial charge in [-0.25, -0.2) is 4.79 Å². The largest absolute Gasteiger partial charge is 0.465 e. The molecule has 108 valence electrons. The Bertz CT molecular complexity index is 678. The van der Waals surface area contributed by atoms with Crippen LogP contribution in [0.1, 0.15) is 32.0 Å². The maximum atomic E-state index is 12.2. The van der Waals surface area contributed by atoms with E-state index in [1.165, 1.54) is 13.3 Å². The Hall–Kier alpha value is -2.69. The highest BCUT2D eigenvalue weighted by molar-refractivity contribution is 6.07. The molecule has 1 heterocycles. The number of nitrogens with zero attached hydrogens (tertiary/aromatic N) is 1. The monoisotopic (exact) mass is 284 g/mol. The molecule has 2 aromatic rings. The lowest BCUT2D eigenvalue weighted by Gasteiger charge is -2.10. The SMILES string of the molecule is COC(=O)c1cc(C)ccc1NC(=O)c1ccc(C)nc1. The number of nitrogens with one attached hydrogen (secondary N) is 1. The maximum absolute atomic E-state index is 12.2. The van der Waals surface area contributed by atoms with Crippen LogP contribution in [0.2, 0.25) is 0 Å². The van der Waals surface area contributed by atoms with E-state index in [-0.39, 0.29) is 5.91 Å². The normalized spacial score (nSPS) is 10.0. The van der Waals surface area contributed by atoms with Crippen molar-refractivity contribution in [2.75, 3.05) is 12.4 Å². The van der Waals surface area contributed by atoms with Gasteiger partial charge in [0.15, 0.2) is 0 Å². The summed E-state index contributed by atoms with van der Waals surface area (Å²) in [7, 11) is 1.31. The number of aryl methyl sites for hydroxylation is 2. The van der Waals surface area contributed by atoms with Gasteiger partial charge >= 0.3 is 5.97 Å². The lowest BCUT2D eigenvalue weighted by molar-refractivity contribution is 0.0602. The van der Waals surface area contributed by atoms with Crippen LogP contribution in [0.3, 0.4) is 0 Å². The fraction of sp³-hybridized carbons (Fsp3) is 0.188. The van der Waals surface area contributed by atoms with Crippen LogP contribution in [0.5, 0.6) is 0 Å². The molecule has 1 aromatic heterocycles. The molecule has 0 fully saturated rings. The minimum Gasteiger partial charge on any atom is -0.465 e. The van der Waals surface area contributed by atoms with Gasteiger partial charge in [0.05, 0.1) is 23.9 Å². The van der Waals surface area contributed by atoms with Crippen LogP contribution in [0, 0.1) is 13.8 Å². The number of benzene rings is 1. The Kier molecular flexibility index (Phi) is 4.33. The third kappa shape index (κ3) is 3.45. The Morgan fingerprint density at radius 2 is 1.90 bits per heavy atom. The highest BCUT2D eigenvalue weighted by Crippen LogP contribution is 2.19. The highest BCUT2D eigenvalue weighted by Gasteiger charge is 2.15. The Labute approximate surface area is 123 Å². The standard InChI is InChI=1S/C16H16N2O3/c1-10-4-7-14(13(8-10)16(20)21-3)18-15(19)12-6-5-11(2)17-9-12/h4-9H,1-3H3,(H,18,19). The molecule has 0 bridgehead atoms. The predicted molar refractivity (Wildman–Crippen MR) is 79.4 cm³/mol. The second-order valence-electron chi connectivity index (χ2n) is 4.68. The summed E-state index contributed by atoms with van der Waals surface area (Å²) < 4.78 is 4.73. The van der Waals surface area contributed by atoms with Gasteiger partial charge in [0, 0.05) is 11.9 Å². The first kappa shape index (κ1) is 14.7. The van der Waals surface area contributed by atoms with Crippen molar-refractivity contribution in [3.05, 3.63) is 58.9 Å². The fourth-order valence-electron chi connectivity index (χ4n) is 1.84. The first-order valence-electron chi connectivity index (χ1n) is 6.44. The topological polar surface area (TPSA) is 68.3 Å². The third-order valence-electron chi connectivity index (χ3n) is 3.00. The van der Waals surface area contributed by atoms with Crippen LogP contribution in [-0.2, 0) is 4.74 Å². The van der Waals surface area contributed by atoms with Crippen molar-refractivity contribution in [1.29, 1.82) is 0 Å². The number of hydrogen-bond donors (Lipinski definition) is 1. The van der Waals surface area contributed by atoms with E-state index in [0.29, 0.717) is 16.8 Å². The van der Waals surface area contributed by atoms with Crippen molar-refractivity contribution >= 4 is 17.6 Å². The first-order chi connectivity index (χ1) is 10.0. The number of ether oxygens (including phenoxy) is 1. The molecule has 2 rings (SSSR count). The first-order valence-corrected chi connectivity index (χ1v) is 6.44. The second kappa shape index (κ2) is 6.17. The molecular formula is C16H16N2O3. The molecule has 0 radical (unpaired) electrons. The summed E-state index contributed by atoms with van der Waals surface area (Å²) in [5, 5.41) is 2.71. The van der Waals surface area contributed by atoms with Crippen molar-refractivity contribution in [1.82, 2.24) is 4.98 Å². The summed E-state index contributed by atoms with van der Waals surface area (Å²) >= 11 is 0. The Morgan fingerprint density at radius 1 is 1.14 bits per heavy atom. The highest BCUT2D eigenvalue weighted by atomic mass is 16.5. The minimum absolute atomic E-state index is 0.323. The number of amides is 1. The molecule has 0 saturated carbocycles. The van der Waals surface area contributed by atoms with Crippen LogP contribution in [-0.4, -0.2) is 24.0 Å². The molecule has 5 heteroatoms. The number of methoxy groups -OCH3 is 1. The molecule has 0 atom stereocenters. The minimum atomic E-state index is -0.490. The zero-order valence-corrected chi connectivity index (χ0v) is 12.1. The number of rotatable bonds is 3. The van der Waals surface area contributed by atoms with Crippen molar-refractivity contribution in [3.8, 4) is 0 Å². The van der Waals surface area contributed by atoms with E-state index < -0.39 is 5.97 Å². The van der Waals surface area contributed by atoms with Gasteiger partial charge in [0.2, 0.25) is 0 Å². The van der Waals surface area contributed by atoms with E-state index in [1.807, 2.05) is 19.9 Å². The summed E-state index contributed by atoms with van der Waals surface area (Å²) in [5.41, 5.74) is 2.91. The number of esters is 1. The summed E-state index contributed by atoms with van der Waals surface area (Å²) in [6.07, 6.45) is 1.50. The fourth-order valence-corrected chi connectivity index (χ4v) is 1.84. The van der Waals surface area contributed by atoms with E-state index in [0.717, 1.165) is 11.3 Å². The molecular weight excluding hydrogens is 268 g/mol. The lowest BCUT2D eigenvalue weighted by Crippen LogP contribution is -2.15. The molecule has 21 heavy (non-hydrogen) atoms. The lowest BCUT2D eigenvalue weighted by atomic mass is 10.1. The molecule has 0 aliphatic heterocycles. The average molecular weight is 284 g/mol. The van der Waals surface area contributed by atoms with Crippen molar-refractivity contribution < 1.29 is 14.3 Å². The second-order valence-corrected chi connectivity index (χ2v) is 4.68. The van der Waals surface area contributed by atoms with Crippen molar-refractivity contribution in [2.24, 2.45) is 0 Å². The third-order valence-corrected chi connectivity index (χ3v) is 3.00. The molecule has 0 aliphatic carbocycles. The number of carbonyl (C=O) groups excluding carboxylic acids is 2. The predicted octanol–water partition coefficient (Wildman–Crippen LogP) is 2.74. The van der Waals surface area contributed by atoms with Gasteiger partial charge in [-0.2, -0.15) is 0 Å². The van der Waals surface area contributed by atoms with E-state index in [2.05, 4.69) is 10.3 Å². The molecule has 5 nitrogen and oxygen atoms in total. The average Bonchev–Trinajstić information content (AvgIpc) is 2.48. The van der Waals surface area contributed by atoms with E-state index in [4.69, 9.17) is 4.74 Å². The molecule has 0 spiro atoms. The van der Waals surface area contributed by atoms with Crippen LogP contribution >= 0.6 is 0 Å². The molecule has 0 aliphatic rings. The smallest absolute Gasteiger partial charge is 0.339 e. The van der Waals surface area contributed by atoms with Gasteiger partial charge in [-0.3, -0.25) is 9.78 Å². The quantitative estimate of drug-likeness (QED) is 0.880. The van der Waals surface area contributed by atoms with E-state index in [9.17, 15) is 9.59 Å². The number of pyridine rings is 1. The van der Waals surface area contributed by atoms with Crippen LogP contribution in [0.25, 0.3) is 0 Å². The van der Waals surface area contributed by atoms with Gasteiger partial charge in [0.25, 0.3) is 5.91 Å². The summed E-state index contributed by atoms with van der Waals surface area (Å²) in [6, 6.07) is 8.61. The number of carbonyl (C=O) groups is 2. The van der Waals surface area contributed by atoms with E-state index >= 15 is 0 Å². The van der Waals surface area contributed by atoms with Gasteiger partial charge in [0.1, 0.15) is 0 Å². The Balaban J connectivity index is 2.28.